The quantitative estimate of drug-likeness (QED) is 0.335. The van der Waals surface area contributed by atoms with Crippen LogP contribution in [0.25, 0.3) is 6.08 Å². The van der Waals surface area contributed by atoms with Crippen molar-refractivity contribution in [2.75, 3.05) is 0 Å². The third kappa shape index (κ3) is 2.74. The molecule has 6 heteroatoms. The maximum absolute atomic E-state index is 11.9. The van der Waals surface area contributed by atoms with E-state index in [4.69, 9.17) is 0 Å². The minimum atomic E-state index is -0.690. The number of phenolic OH excluding ortho intramolecular Hbond substituents is 5. The summed E-state index contributed by atoms with van der Waals surface area (Å²) in [6.07, 6.45) is 2.26. The van der Waals surface area contributed by atoms with Gasteiger partial charge in [-0.1, -0.05) is 6.07 Å². The van der Waals surface area contributed by atoms with Crippen molar-refractivity contribution in [3.63, 3.8) is 0 Å². The average Bonchev–Trinajstić information content (AvgIpc) is 2.46. The Morgan fingerprint density at radius 3 is 2.19 bits per heavy atom. The number of carbonyl (C=O) groups excluding carboxylic acids is 1. The third-order valence-corrected chi connectivity index (χ3v) is 2.86. The van der Waals surface area contributed by atoms with E-state index in [0.29, 0.717) is 0 Å². The van der Waals surface area contributed by atoms with Gasteiger partial charge in [0.15, 0.2) is 28.8 Å². The van der Waals surface area contributed by atoms with E-state index in [0.717, 1.165) is 12.1 Å². The summed E-state index contributed by atoms with van der Waals surface area (Å²) in [7, 11) is 0. The lowest BCUT2D eigenvalue weighted by molar-refractivity contribution is 0.104. The van der Waals surface area contributed by atoms with Crippen LogP contribution in [0.3, 0.4) is 0 Å². The fourth-order valence-electron chi connectivity index (χ4n) is 1.70. The highest BCUT2D eigenvalue weighted by atomic mass is 16.3. The number of aromatic hydroxyl groups is 5. The SMILES string of the molecule is O=C(/C=C/c1ccc(O)c(O)c1O)c1cccc(O)c1O. The van der Waals surface area contributed by atoms with Crippen LogP contribution in [0.2, 0.25) is 0 Å². The van der Waals surface area contributed by atoms with Crippen molar-refractivity contribution in [1.29, 1.82) is 0 Å². The van der Waals surface area contributed by atoms with E-state index in [1.54, 1.807) is 0 Å². The van der Waals surface area contributed by atoms with Gasteiger partial charge in [0.2, 0.25) is 5.75 Å². The van der Waals surface area contributed by atoms with Gasteiger partial charge in [-0.2, -0.15) is 0 Å². The van der Waals surface area contributed by atoms with Crippen LogP contribution in [0.4, 0.5) is 0 Å². The van der Waals surface area contributed by atoms with Crippen LogP contribution in [-0.4, -0.2) is 31.3 Å². The van der Waals surface area contributed by atoms with E-state index in [-0.39, 0.29) is 11.1 Å². The van der Waals surface area contributed by atoms with Crippen LogP contribution >= 0.6 is 0 Å². The summed E-state index contributed by atoms with van der Waals surface area (Å²) in [6.45, 7) is 0. The van der Waals surface area contributed by atoms with Crippen molar-refractivity contribution < 1.29 is 30.3 Å². The molecule has 5 N–H and O–H groups in total. The molecule has 0 aliphatic rings. The Hall–Kier alpha value is -3.15. The number of benzene rings is 2. The van der Waals surface area contributed by atoms with Gasteiger partial charge < -0.3 is 25.5 Å². The molecule has 0 aliphatic heterocycles. The van der Waals surface area contributed by atoms with E-state index in [9.17, 15) is 30.3 Å². The Kier molecular flexibility index (Phi) is 3.71. The molecule has 108 valence electrons. The van der Waals surface area contributed by atoms with E-state index in [1.165, 1.54) is 30.3 Å². The van der Waals surface area contributed by atoms with E-state index in [2.05, 4.69) is 0 Å². The zero-order chi connectivity index (χ0) is 15.6. The average molecular weight is 288 g/mol. The fraction of sp³-hybridized carbons (Fsp3) is 0. The Balaban J connectivity index is 2.32. The lowest BCUT2D eigenvalue weighted by Crippen LogP contribution is -1.94. The number of ketones is 1. The molecular weight excluding hydrogens is 276 g/mol. The molecule has 0 spiro atoms. The predicted molar refractivity (Wildman–Crippen MR) is 74.6 cm³/mol. The number of phenols is 5. The van der Waals surface area contributed by atoms with Gasteiger partial charge in [-0.3, -0.25) is 4.79 Å². The van der Waals surface area contributed by atoms with Crippen LogP contribution in [-0.2, 0) is 0 Å². The summed E-state index contributed by atoms with van der Waals surface area (Å²) in [5, 5.41) is 47.0. The van der Waals surface area contributed by atoms with E-state index in [1.807, 2.05) is 0 Å². The van der Waals surface area contributed by atoms with Crippen molar-refractivity contribution >= 4 is 11.9 Å². The normalized spacial score (nSPS) is 10.9. The van der Waals surface area contributed by atoms with Gasteiger partial charge in [-0.15, -0.1) is 0 Å². The molecule has 2 aromatic carbocycles. The van der Waals surface area contributed by atoms with Gasteiger partial charge >= 0.3 is 0 Å². The number of rotatable bonds is 3. The second kappa shape index (κ2) is 5.46. The second-order valence-electron chi connectivity index (χ2n) is 4.24. The molecular formula is C15H12O6. The number of hydrogen-bond donors (Lipinski definition) is 5. The Labute approximate surface area is 119 Å². The first-order valence-corrected chi connectivity index (χ1v) is 5.89. The van der Waals surface area contributed by atoms with Gasteiger partial charge in [0.25, 0.3) is 0 Å². The van der Waals surface area contributed by atoms with E-state index >= 15 is 0 Å². The van der Waals surface area contributed by atoms with Crippen LogP contribution in [0.1, 0.15) is 15.9 Å². The highest BCUT2D eigenvalue weighted by Crippen LogP contribution is 2.37. The fourth-order valence-corrected chi connectivity index (χ4v) is 1.70. The minimum Gasteiger partial charge on any atom is -0.504 e. The summed E-state index contributed by atoms with van der Waals surface area (Å²) in [6, 6.07) is 6.43. The molecule has 0 amide bonds. The number of carbonyl (C=O) groups is 1. The second-order valence-corrected chi connectivity index (χ2v) is 4.24. The lowest BCUT2D eigenvalue weighted by atomic mass is 10.1. The zero-order valence-electron chi connectivity index (χ0n) is 10.7. The van der Waals surface area contributed by atoms with Crippen LogP contribution in [0, 0.1) is 0 Å². The maximum Gasteiger partial charge on any atom is 0.200 e. The van der Waals surface area contributed by atoms with Gasteiger partial charge in [-0.25, -0.2) is 0 Å². The zero-order valence-corrected chi connectivity index (χ0v) is 10.7. The molecule has 0 bridgehead atoms. The minimum absolute atomic E-state index is 0.103. The van der Waals surface area contributed by atoms with Crippen LogP contribution in [0.5, 0.6) is 28.7 Å². The largest absolute Gasteiger partial charge is 0.504 e. The molecule has 0 saturated carbocycles. The first-order chi connectivity index (χ1) is 9.91. The molecule has 6 nitrogen and oxygen atoms in total. The number of hydrogen-bond acceptors (Lipinski definition) is 6. The summed E-state index contributed by atoms with van der Waals surface area (Å²) in [5.74, 6) is -3.30. The van der Waals surface area contributed by atoms with E-state index < -0.39 is 34.5 Å². The molecule has 0 radical (unpaired) electrons. The number of allylic oxidation sites excluding steroid dienone is 1. The van der Waals surface area contributed by atoms with Crippen LogP contribution in [0.15, 0.2) is 36.4 Å². The smallest absolute Gasteiger partial charge is 0.200 e. The molecule has 0 heterocycles. The molecule has 0 fully saturated rings. The van der Waals surface area contributed by atoms with Crippen molar-refractivity contribution in [2.24, 2.45) is 0 Å². The van der Waals surface area contributed by atoms with Gasteiger partial charge in [0.1, 0.15) is 0 Å². The molecule has 0 saturated heterocycles. The molecule has 0 unspecified atom stereocenters. The molecule has 2 aromatic rings. The third-order valence-electron chi connectivity index (χ3n) is 2.86. The Morgan fingerprint density at radius 2 is 1.48 bits per heavy atom. The topological polar surface area (TPSA) is 118 Å². The molecule has 0 aromatic heterocycles. The first-order valence-electron chi connectivity index (χ1n) is 5.89. The molecule has 2 rings (SSSR count). The highest BCUT2D eigenvalue weighted by molar-refractivity contribution is 6.09. The van der Waals surface area contributed by atoms with Crippen LogP contribution < -0.4 is 0 Å². The monoisotopic (exact) mass is 288 g/mol. The summed E-state index contributed by atoms with van der Waals surface area (Å²) in [5.41, 5.74) is 0.00651. The van der Waals surface area contributed by atoms with Crippen molar-refractivity contribution in [3.8, 4) is 28.7 Å². The van der Waals surface area contributed by atoms with Gasteiger partial charge in [0, 0.05) is 5.56 Å². The Morgan fingerprint density at radius 1 is 0.810 bits per heavy atom. The lowest BCUT2D eigenvalue weighted by Gasteiger charge is -2.04. The maximum atomic E-state index is 11.9. The van der Waals surface area contributed by atoms with Crippen molar-refractivity contribution in [1.82, 2.24) is 0 Å². The van der Waals surface area contributed by atoms with Crippen molar-refractivity contribution in [3.05, 3.63) is 47.5 Å². The highest BCUT2D eigenvalue weighted by Gasteiger charge is 2.12. The number of para-hydroxylation sites is 1. The molecule has 0 atom stereocenters. The standard InChI is InChI=1S/C15H12O6/c16-10(9-2-1-3-11(17)14(9)20)6-4-8-5-7-12(18)15(21)13(8)19/h1-7,17-21H/b6-4+. The summed E-state index contributed by atoms with van der Waals surface area (Å²) in [4.78, 5) is 11.9. The predicted octanol–water partition coefficient (Wildman–Crippen LogP) is 2.11. The molecule has 21 heavy (non-hydrogen) atoms. The van der Waals surface area contributed by atoms with Gasteiger partial charge in [0.05, 0.1) is 5.56 Å². The Bertz CT molecular complexity index is 733. The molecule has 0 aliphatic carbocycles. The summed E-state index contributed by atoms with van der Waals surface area (Å²) < 4.78 is 0. The van der Waals surface area contributed by atoms with Gasteiger partial charge in [-0.05, 0) is 36.4 Å². The first kappa shape index (κ1) is 14.3. The summed E-state index contributed by atoms with van der Waals surface area (Å²) >= 11 is 0. The van der Waals surface area contributed by atoms with Crippen molar-refractivity contribution in [2.45, 2.75) is 0 Å².